The van der Waals surface area contributed by atoms with Crippen LogP contribution >= 0.6 is 0 Å². The molecule has 0 spiro atoms. The molecule has 1 aromatic carbocycles. The second-order valence-electron chi connectivity index (χ2n) is 6.32. The molecular formula is C18H29NO2. The Labute approximate surface area is 129 Å². The normalized spacial score (nSPS) is 19.0. The molecule has 1 aliphatic carbocycles. The van der Waals surface area contributed by atoms with Crippen LogP contribution in [-0.2, 0) is 0 Å². The standard InChI is InChI=1S/C18H29NO2/c1-5-19-17(18(2)11-7-6-8-12-18)14-9-10-15(20-3)16(13-14)21-4/h9-10,13,17,19H,5-8,11-12H2,1-4H3. The number of benzene rings is 1. The van der Waals surface area contributed by atoms with E-state index in [0.29, 0.717) is 11.5 Å². The van der Waals surface area contributed by atoms with Gasteiger partial charge in [0.15, 0.2) is 11.5 Å². The largest absolute Gasteiger partial charge is 0.493 e. The summed E-state index contributed by atoms with van der Waals surface area (Å²) in [6, 6.07) is 6.70. The van der Waals surface area contributed by atoms with Crippen molar-refractivity contribution in [3.63, 3.8) is 0 Å². The lowest BCUT2D eigenvalue weighted by molar-refractivity contribution is 0.146. The van der Waals surface area contributed by atoms with Gasteiger partial charge in [-0.05, 0) is 42.5 Å². The molecule has 0 amide bonds. The monoisotopic (exact) mass is 291 g/mol. The molecular weight excluding hydrogens is 262 g/mol. The first-order valence-electron chi connectivity index (χ1n) is 8.10. The van der Waals surface area contributed by atoms with E-state index >= 15 is 0 Å². The molecule has 0 saturated heterocycles. The van der Waals surface area contributed by atoms with E-state index in [1.165, 1.54) is 37.7 Å². The highest BCUT2D eigenvalue weighted by atomic mass is 16.5. The van der Waals surface area contributed by atoms with Crippen LogP contribution in [0.1, 0.15) is 57.6 Å². The molecule has 3 nitrogen and oxygen atoms in total. The molecule has 21 heavy (non-hydrogen) atoms. The predicted molar refractivity (Wildman–Crippen MR) is 87.2 cm³/mol. The van der Waals surface area contributed by atoms with Crippen LogP contribution < -0.4 is 14.8 Å². The summed E-state index contributed by atoms with van der Waals surface area (Å²) in [7, 11) is 3.38. The molecule has 0 aromatic heterocycles. The SMILES string of the molecule is CCNC(c1ccc(OC)c(OC)c1)C1(C)CCCCC1. The maximum Gasteiger partial charge on any atom is 0.161 e. The number of nitrogens with one attached hydrogen (secondary N) is 1. The molecule has 1 atom stereocenters. The Morgan fingerprint density at radius 1 is 1.10 bits per heavy atom. The number of hydrogen-bond acceptors (Lipinski definition) is 3. The Kier molecular flexibility index (Phi) is 5.51. The number of hydrogen-bond donors (Lipinski definition) is 1. The van der Waals surface area contributed by atoms with E-state index < -0.39 is 0 Å². The van der Waals surface area contributed by atoms with E-state index in [2.05, 4.69) is 31.3 Å². The van der Waals surface area contributed by atoms with Crippen molar-refractivity contribution in [2.45, 2.75) is 52.0 Å². The van der Waals surface area contributed by atoms with Gasteiger partial charge in [-0.3, -0.25) is 0 Å². The Bertz CT molecular complexity index is 453. The van der Waals surface area contributed by atoms with Gasteiger partial charge in [0.25, 0.3) is 0 Å². The van der Waals surface area contributed by atoms with E-state index in [9.17, 15) is 0 Å². The second-order valence-corrected chi connectivity index (χ2v) is 6.32. The summed E-state index contributed by atoms with van der Waals surface area (Å²) >= 11 is 0. The maximum atomic E-state index is 5.47. The summed E-state index contributed by atoms with van der Waals surface area (Å²) in [6.07, 6.45) is 6.63. The Balaban J connectivity index is 2.33. The lowest BCUT2D eigenvalue weighted by Crippen LogP contribution is -2.37. The zero-order chi connectivity index (χ0) is 15.3. The first-order valence-corrected chi connectivity index (χ1v) is 8.10. The van der Waals surface area contributed by atoms with Crippen molar-refractivity contribution < 1.29 is 9.47 Å². The first-order chi connectivity index (χ1) is 10.1. The highest BCUT2D eigenvalue weighted by Crippen LogP contribution is 2.46. The molecule has 0 radical (unpaired) electrons. The van der Waals surface area contributed by atoms with E-state index in [-0.39, 0.29) is 0 Å². The van der Waals surface area contributed by atoms with Gasteiger partial charge >= 0.3 is 0 Å². The van der Waals surface area contributed by atoms with Gasteiger partial charge in [0.2, 0.25) is 0 Å². The average Bonchev–Trinajstić information content (AvgIpc) is 2.52. The summed E-state index contributed by atoms with van der Waals surface area (Å²) in [6.45, 7) is 5.59. The molecule has 1 fully saturated rings. The van der Waals surface area contributed by atoms with Crippen molar-refractivity contribution in [3.8, 4) is 11.5 Å². The fourth-order valence-corrected chi connectivity index (χ4v) is 3.65. The molecule has 0 aliphatic heterocycles. The zero-order valence-corrected chi connectivity index (χ0v) is 13.9. The zero-order valence-electron chi connectivity index (χ0n) is 13.9. The smallest absolute Gasteiger partial charge is 0.161 e. The molecule has 1 aromatic rings. The lowest BCUT2D eigenvalue weighted by Gasteiger charge is -2.41. The summed E-state index contributed by atoms with van der Waals surface area (Å²) in [5, 5.41) is 3.70. The van der Waals surface area contributed by atoms with Gasteiger partial charge in [-0.25, -0.2) is 0 Å². The summed E-state index contributed by atoms with van der Waals surface area (Å²) in [5.74, 6) is 1.61. The Hall–Kier alpha value is -1.22. The molecule has 1 unspecified atom stereocenters. The highest BCUT2D eigenvalue weighted by Gasteiger charge is 2.36. The minimum atomic E-state index is 0.327. The summed E-state index contributed by atoms with van der Waals surface area (Å²) < 4.78 is 10.8. The van der Waals surface area contributed by atoms with Crippen LogP contribution in [0.4, 0.5) is 0 Å². The van der Waals surface area contributed by atoms with Crippen molar-refractivity contribution in [2.75, 3.05) is 20.8 Å². The minimum Gasteiger partial charge on any atom is -0.493 e. The van der Waals surface area contributed by atoms with Crippen LogP contribution in [-0.4, -0.2) is 20.8 Å². The van der Waals surface area contributed by atoms with Crippen molar-refractivity contribution in [1.29, 1.82) is 0 Å². The molecule has 1 N–H and O–H groups in total. The van der Waals surface area contributed by atoms with Crippen LogP contribution in [0.2, 0.25) is 0 Å². The van der Waals surface area contributed by atoms with E-state index in [4.69, 9.17) is 9.47 Å². The molecule has 0 heterocycles. The second kappa shape index (κ2) is 7.17. The highest BCUT2D eigenvalue weighted by molar-refractivity contribution is 5.44. The molecule has 1 saturated carbocycles. The third-order valence-electron chi connectivity index (χ3n) is 4.84. The van der Waals surface area contributed by atoms with Gasteiger partial charge in [0.1, 0.15) is 0 Å². The molecule has 2 rings (SSSR count). The topological polar surface area (TPSA) is 30.5 Å². The van der Waals surface area contributed by atoms with Crippen molar-refractivity contribution in [1.82, 2.24) is 5.32 Å². The van der Waals surface area contributed by atoms with Gasteiger partial charge in [-0.2, -0.15) is 0 Å². The van der Waals surface area contributed by atoms with Crippen LogP contribution in [0.25, 0.3) is 0 Å². The van der Waals surface area contributed by atoms with Gasteiger partial charge in [0.05, 0.1) is 14.2 Å². The number of ether oxygens (including phenoxy) is 2. The van der Waals surface area contributed by atoms with Gasteiger partial charge < -0.3 is 14.8 Å². The molecule has 3 heteroatoms. The summed E-state index contributed by atoms with van der Waals surface area (Å²) in [5.41, 5.74) is 1.63. The lowest BCUT2D eigenvalue weighted by atomic mass is 9.68. The van der Waals surface area contributed by atoms with Gasteiger partial charge in [-0.15, -0.1) is 0 Å². The molecule has 118 valence electrons. The number of rotatable bonds is 6. The predicted octanol–water partition coefficient (Wildman–Crippen LogP) is 4.32. The third kappa shape index (κ3) is 3.52. The maximum absolute atomic E-state index is 5.47. The number of methoxy groups -OCH3 is 2. The van der Waals surface area contributed by atoms with E-state index in [1.807, 2.05) is 6.07 Å². The van der Waals surface area contributed by atoms with Crippen LogP contribution in [0.15, 0.2) is 18.2 Å². The van der Waals surface area contributed by atoms with Crippen LogP contribution in [0.5, 0.6) is 11.5 Å². The van der Waals surface area contributed by atoms with E-state index in [1.54, 1.807) is 14.2 Å². The Morgan fingerprint density at radius 2 is 1.76 bits per heavy atom. The molecule has 1 aliphatic rings. The fourth-order valence-electron chi connectivity index (χ4n) is 3.65. The van der Waals surface area contributed by atoms with E-state index in [0.717, 1.165) is 18.0 Å². The minimum absolute atomic E-state index is 0.327. The fraction of sp³-hybridized carbons (Fsp3) is 0.667. The van der Waals surface area contributed by atoms with Crippen molar-refractivity contribution >= 4 is 0 Å². The van der Waals surface area contributed by atoms with Gasteiger partial charge in [-0.1, -0.05) is 39.2 Å². The van der Waals surface area contributed by atoms with Crippen molar-refractivity contribution in [3.05, 3.63) is 23.8 Å². The Morgan fingerprint density at radius 3 is 2.33 bits per heavy atom. The van der Waals surface area contributed by atoms with Gasteiger partial charge in [0, 0.05) is 6.04 Å². The molecule has 0 bridgehead atoms. The third-order valence-corrected chi connectivity index (χ3v) is 4.84. The first kappa shape index (κ1) is 16.2. The average molecular weight is 291 g/mol. The summed E-state index contributed by atoms with van der Waals surface area (Å²) in [4.78, 5) is 0. The van der Waals surface area contributed by atoms with Crippen molar-refractivity contribution in [2.24, 2.45) is 5.41 Å². The van der Waals surface area contributed by atoms with Crippen LogP contribution in [0.3, 0.4) is 0 Å². The van der Waals surface area contributed by atoms with Crippen LogP contribution in [0, 0.1) is 5.41 Å². The quantitative estimate of drug-likeness (QED) is 0.846.